The van der Waals surface area contributed by atoms with Crippen LogP contribution in [-0.2, 0) is 19.6 Å². The average molecular weight is 377 g/mol. The first-order valence-electron chi connectivity index (χ1n) is 9.49. The second-order valence-electron chi connectivity index (χ2n) is 7.09. The molecule has 1 amide bonds. The number of carbonyl (C=O) groups is 1. The van der Waals surface area contributed by atoms with Crippen LogP contribution >= 0.6 is 0 Å². The van der Waals surface area contributed by atoms with Crippen molar-refractivity contribution in [2.75, 3.05) is 18.9 Å². The summed E-state index contributed by atoms with van der Waals surface area (Å²) in [4.78, 5) is 12.4. The van der Waals surface area contributed by atoms with Crippen molar-refractivity contribution in [2.24, 2.45) is 5.92 Å². The third-order valence-electron chi connectivity index (χ3n) is 5.27. The number of amides is 1. The van der Waals surface area contributed by atoms with Gasteiger partial charge in [0.2, 0.25) is 15.9 Å². The van der Waals surface area contributed by atoms with Crippen LogP contribution in [0.4, 0.5) is 0 Å². The highest BCUT2D eigenvalue weighted by Gasteiger charge is 2.33. The lowest BCUT2D eigenvalue weighted by molar-refractivity contribution is -0.132. The van der Waals surface area contributed by atoms with Gasteiger partial charge in [-0.25, -0.2) is 13.1 Å². The smallest absolute Gasteiger partial charge is 0.223 e. The zero-order valence-corrected chi connectivity index (χ0v) is 15.9. The van der Waals surface area contributed by atoms with Gasteiger partial charge in [-0.1, -0.05) is 19.3 Å². The minimum Gasteiger partial charge on any atom is -0.394 e. The van der Waals surface area contributed by atoms with Gasteiger partial charge in [0.25, 0.3) is 0 Å². The van der Waals surface area contributed by atoms with Crippen LogP contribution in [0, 0.1) is 5.92 Å². The van der Waals surface area contributed by atoms with Crippen LogP contribution in [0.5, 0.6) is 0 Å². The van der Waals surface area contributed by atoms with E-state index in [1.807, 2.05) is 0 Å². The molecule has 8 heteroatoms. The maximum Gasteiger partial charge on any atom is 0.223 e. The van der Waals surface area contributed by atoms with E-state index in [1.54, 1.807) is 6.92 Å². The van der Waals surface area contributed by atoms with Crippen LogP contribution in [0.25, 0.3) is 0 Å². The van der Waals surface area contributed by atoms with Crippen molar-refractivity contribution in [3.8, 4) is 0 Å². The Bertz CT molecular complexity index is 519. The third kappa shape index (κ3) is 6.51. The van der Waals surface area contributed by atoms with Crippen molar-refractivity contribution in [3.05, 3.63) is 0 Å². The Morgan fingerprint density at radius 1 is 1.16 bits per heavy atom. The number of aliphatic hydroxyl groups excluding tert-OH is 1. The first kappa shape index (κ1) is 20.6. The average Bonchev–Trinajstić information content (AvgIpc) is 2.63. The van der Waals surface area contributed by atoms with Gasteiger partial charge in [0.1, 0.15) is 6.10 Å². The summed E-state index contributed by atoms with van der Waals surface area (Å²) in [5, 5.41) is 12.7. The Kier molecular flexibility index (Phi) is 8.12. The van der Waals surface area contributed by atoms with E-state index in [-0.39, 0.29) is 36.3 Å². The molecule has 1 saturated carbocycles. The molecule has 0 unspecified atom stereocenters. The summed E-state index contributed by atoms with van der Waals surface area (Å²) < 4.78 is 31.3. The molecule has 3 atom stereocenters. The molecule has 3 N–H and O–H groups in total. The predicted octanol–water partition coefficient (Wildman–Crippen LogP) is 0.921. The molecule has 25 heavy (non-hydrogen) atoms. The topological polar surface area (TPSA) is 105 Å². The quantitative estimate of drug-likeness (QED) is 0.584. The van der Waals surface area contributed by atoms with E-state index in [0.29, 0.717) is 13.0 Å². The Morgan fingerprint density at radius 2 is 1.88 bits per heavy atom. The maximum absolute atomic E-state index is 12.4. The number of rotatable bonds is 8. The molecule has 0 aromatic carbocycles. The third-order valence-corrected chi connectivity index (χ3v) is 6.67. The van der Waals surface area contributed by atoms with Gasteiger partial charge in [-0.05, 0) is 39.0 Å². The van der Waals surface area contributed by atoms with Crippen molar-refractivity contribution >= 4 is 15.9 Å². The molecule has 1 saturated heterocycles. The summed E-state index contributed by atoms with van der Waals surface area (Å²) in [5.41, 5.74) is 0. The minimum absolute atomic E-state index is 0.0626. The first-order valence-corrected chi connectivity index (χ1v) is 11.1. The monoisotopic (exact) mass is 376 g/mol. The highest BCUT2D eigenvalue weighted by molar-refractivity contribution is 7.89. The van der Waals surface area contributed by atoms with E-state index < -0.39 is 16.1 Å². The summed E-state index contributed by atoms with van der Waals surface area (Å²) in [6.45, 7) is 1.78. The lowest BCUT2D eigenvalue weighted by Crippen LogP contribution is -2.52. The Morgan fingerprint density at radius 3 is 2.52 bits per heavy atom. The SMILES string of the molecule is CCS(=O)(=O)NCC[C@H]1CC[C@H](NC(=O)C2CCCCC2)[C@@H](CO)O1. The van der Waals surface area contributed by atoms with Crippen molar-refractivity contribution in [1.82, 2.24) is 10.0 Å². The number of nitrogens with one attached hydrogen (secondary N) is 2. The van der Waals surface area contributed by atoms with E-state index in [2.05, 4.69) is 10.0 Å². The van der Waals surface area contributed by atoms with Crippen molar-refractivity contribution < 1.29 is 23.1 Å². The Labute approximate surface area is 150 Å². The summed E-state index contributed by atoms with van der Waals surface area (Å²) in [6.07, 6.45) is 6.87. The summed E-state index contributed by atoms with van der Waals surface area (Å²) >= 11 is 0. The number of aliphatic hydroxyl groups is 1. The number of hydrogen-bond donors (Lipinski definition) is 3. The maximum atomic E-state index is 12.4. The van der Waals surface area contributed by atoms with Crippen LogP contribution in [0.2, 0.25) is 0 Å². The van der Waals surface area contributed by atoms with E-state index >= 15 is 0 Å². The molecule has 1 aliphatic carbocycles. The molecule has 0 aromatic heterocycles. The number of carbonyl (C=O) groups excluding carboxylic acids is 1. The molecule has 2 aliphatic rings. The van der Waals surface area contributed by atoms with E-state index in [0.717, 1.165) is 38.5 Å². The molecule has 146 valence electrons. The van der Waals surface area contributed by atoms with Gasteiger partial charge < -0.3 is 15.2 Å². The van der Waals surface area contributed by atoms with Crippen LogP contribution < -0.4 is 10.0 Å². The molecule has 0 bridgehead atoms. The van der Waals surface area contributed by atoms with Gasteiger partial charge >= 0.3 is 0 Å². The largest absolute Gasteiger partial charge is 0.394 e. The highest BCUT2D eigenvalue weighted by Crippen LogP contribution is 2.26. The van der Waals surface area contributed by atoms with E-state index in [4.69, 9.17) is 4.74 Å². The second kappa shape index (κ2) is 9.85. The van der Waals surface area contributed by atoms with Gasteiger partial charge in [-0.2, -0.15) is 0 Å². The molecule has 0 aromatic rings. The van der Waals surface area contributed by atoms with Crippen LogP contribution in [-0.4, -0.2) is 56.6 Å². The lowest BCUT2D eigenvalue weighted by Gasteiger charge is -2.37. The standard InChI is InChI=1S/C17H32N2O5S/c1-2-25(22,23)18-11-10-14-8-9-15(16(12-20)24-14)19-17(21)13-6-4-3-5-7-13/h13-16,18,20H,2-12H2,1H3,(H,19,21)/t14-,15+,16-/m1/s1. The van der Waals surface area contributed by atoms with Crippen molar-refractivity contribution in [1.29, 1.82) is 0 Å². The predicted molar refractivity (Wildman–Crippen MR) is 95.6 cm³/mol. The van der Waals surface area contributed by atoms with Gasteiger partial charge in [0.15, 0.2) is 0 Å². The zero-order chi connectivity index (χ0) is 18.3. The van der Waals surface area contributed by atoms with Gasteiger partial charge in [-0.3, -0.25) is 4.79 Å². The summed E-state index contributed by atoms with van der Waals surface area (Å²) in [7, 11) is -3.19. The fraction of sp³-hybridized carbons (Fsp3) is 0.941. The zero-order valence-electron chi connectivity index (χ0n) is 15.1. The van der Waals surface area contributed by atoms with Gasteiger partial charge in [0.05, 0.1) is 24.5 Å². The molecule has 1 aliphatic heterocycles. The Balaban J connectivity index is 1.77. The van der Waals surface area contributed by atoms with Gasteiger partial charge in [0, 0.05) is 12.5 Å². The summed E-state index contributed by atoms with van der Waals surface area (Å²) in [5.74, 6) is 0.239. The molecule has 7 nitrogen and oxygen atoms in total. The van der Waals surface area contributed by atoms with Crippen molar-refractivity contribution in [3.63, 3.8) is 0 Å². The van der Waals surface area contributed by atoms with E-state index in [1.165, 1.54) is 6.42 Å². The van der Waals surface area contributed by atoms with Gasteiger partial charge in [-0.15, -0.1) is 0 Å². The normalized spacial score (nSPS) is 28.6. The minimum atomic E-state index is -3.19. The molecule has 0 spiro atoms. The summed E-state index contributed by atoms with van der Waals surface area (Å²) in [6, 6.07) is -0.164. The number of ether oxygens (including phenoxy) is 1. The molecular formula is C17H32N2O5S. The number of hydrogen-bond acceptors (Lipinski definition) is 5. The Hall–Kier alpha value is -0.700. The van der Waals surface area contributed by atoms with Crippen LogP contribution in [0.15, 0.2) is 0 Å². The fourth-order valence-corrected chi connectivity index (χ4v) is 4.28. The second-order valence-corrected chi connectivity index (χ2v) is 9.19. The molecule has 2 rings (SSSR count). The van der Waals surface area contributed by atoms with Crippen LogP contribution in [0.3, 0.4) is 0 Å². The number of sulfonamides is 1. The van der Waals surface area contributed by atoms with Crippen LogP contribution in [0.1, 0.15) is 58.3 Å². The fourth-order valence-electron chi connectivity index (χ4n) is 3.65. The molecule has 2 fully saturated rings. The first-order chi connectivity index (χ1) is 11.9. The lowest BCUT2D eigenvalue weighted by atomic mass is 9.88. The van der Waals surface area contributed by atoms with Crippen molar-refractivity contribution in [2.45, 2.75) is 76.5 Å². The molecule has 1 heterocycles. The highest BCUT2D eigenvalue weighted by atomic mass is 32.2. The molecule has 0 radical (unpaired) electrons. The molecular weight excluding hydrogens is 344 g/mol. The van der Waals surface area contributed by atoms with E-state index in [9.17, 15) is 18.3 Å².